The van der Waals surface area contributed by atoms with E-state index in [4.69, 9.17) is 28.4 Å². The van der Waals surface area contributed by atoms with Crippen molar-refractivity contribution in [2.45, 2.75) is 93.7 Å². The molecule has 0 bridgehead atoms. The van der Waals surface area contributed by atoms with Gasteiger partial charge < -0.3 is 28.4 Å². The molecule has 0 heterocycles. The zero-order valence-electron chi connectivity index (χ0n) is 61.1. The second-order valence-corrected chi connectivity index (χ2v) is 25.7. The van der Waals surface area contributed by atoms with Gasteiger partial charge in [-0.3, -0.25) is 0 Å². The smallest absolute Gasteiger partial charge is 0.133 e. The van der Waals surface area contributed by atoms with Crippen LogP contribution in [0, 0.1) is 27.7 Å². The average molecular weight is 1370 g/mol. The fraction of sp³-hybridized carbons (Fsp3) is 0.143. The minimum absolute atomic E-state index is 0.442. The summed E-state index contributed by atoms with van der Waals surface area (Å²) in [6.07, 6.45) is 14.0. The Morgan fingerprint density at radius 1 is 0.250 bits per heavy atom. The lowest BCUT2D eigenvalue weighted by molar-refractivity contribution is 0.303. The molecule has 0 aromatic heterocycles. The summed E-state index contributed by atoms with van der Waals surface area (Å²) in [4.78, 5) is 0. The maximum atomic E-state index is 6.60. The van der Waals surface area contributed by atoms with Gasteiger partial charge in [-0.15, -0.1) is 39.5 Å². The number of hydrogen-bond acceptors (Lipinski definition) is 6. The first-order valence-electron chi connectivity index (χ1n) is 35.5. The van der Waals surface area contributed by atoms with Crippen molar-refractivity contribution in [2.24, 2.45) is 0 Å². The summed E-state index contributed by atoms with van der Waals surface area (Å²) >= 11 is 0. The maximum absolute atomic E-state index is 6.60. The quantitative estimate of drug-likeness (QED) is 0.0436. The van der Waals surface area contributed by atoms with E-state index >= 15 is 0 Å². The zero-order chi connectivity index (χ0) is 73.2. The second-order valence-electron chi connectivity index (χ2n) is 25.7. The SMILES string of the molecule is C=CC.C=CC.C=CCc1cc(-c2ccc(OCc3ccc(-c4ccc(Oc5c(C)cc(-c6cc(C)c(Oc7ccc(-c8ccc(COc9ccc(-c%10ccc(OCc%11ccccc%11)c(CC=C)c%10)cc9CC=C)cc8)cc7)c(C)c6)cc5C)cc4)cc3)c(CC=C)c2)ccc1OCc1ccccc1. The zero-order valence-corrected chi connectivity index (χ0v) is 61.1. The van der Waals surface area contributed by atoms with Crippen LogP contribution in [-0.2, 0) is 52.1 Å². The lowest BCUT2D eigenvalue weighted by Gasteiger charge is -2.17. The molecule has 0 aliphatic rings. The number of ether oxygens (including phenoxy) is 6. The van der Waals surface area contributed by atoms with E-state index in [-0.39, 0.29) is 0 Å². The minimum Gasteiger partial charge on any atom is -0.489 e. The van der Waals surface area contributed by atoms with Crippen LogP contribution < -0.4 is 28.4 Å². The normalized spacial score (nSPS) is 10.6. The Morgan fingerprint density at radius 3 is 0.712 bits per heavy atom. The largest absolute Gasteiger partial charge is 0.489 e. The molecule has 522 valence electrons. The average Bonchev–Trinajstić information content (AvgIpc) is 0.787. The molecule has 6 heteroatoms. The molecule has 104 heavy (non-hydrogen) atoms. The van der Waals surface area contributed by atoms with E-state index in [2.05, 4.69) is 261 Å². The van der Waals surface area contributed by atoms with Crippen LogP contribution in [0.15, 0.2) is 331 Å². The third-order valence-electron chi connectivity index (χ3n) is 17.6. The predicted molar refractivity (Wildman–Crippen MR) is 436 cm³/mol. The highest BCUT2D eigenvalue weighted by atomic mass is 16.5. The Hall–Kier alpha value is -12.1. The van der Waals surface area contributed by atoms with E-state index in [1.54, 1.807) is 12.2 Å². The van der Waals surface area contributed by atoms with E-state index in [1.807, 2.05) is 98.8 Å². The Morgan fingerprint density at radius 2 is 0.471 bits per heavy atom. The van der Waals surface area contributed by atoms with Gasteiger partial charge in [0.05, 0.1) is 0 Å². The summed E-state index contributed by atoms with van der Waals surface area (Å²) in [5.41, 5.74) is 24.2. The molecule has 0 amide bonds. The van der Waals surface area contributed by atoms with Crippen LogP contribution in [0.1, 0.15) is 80.6 Å². The van der Waals surface area contributed by atoms with Gasteiger partial charge in [0.25, 0.3) is 0 Å². The van der Waals surface area contributed by atoms with Crippen LogP contribution in [0.5, 0.6) is 46.0 Å². The first kappa shape index (κ1) is 74.6. The maximum Gasteiger partial charge on any atom is 0.133 e. The van der Waals surface area contributed by atoms with Crippen molar-refractivity contribution in [1.29, 1.82) is 0 Å². The number of rotatable bonds is 29. The molecule has 0 N–H and O–H groups in total. The molecule has 12 rings (SSSR count). The van der Waals surface area contributed by atoms with Crippen molar-refractivity contribution in [2.75, 3.05) is 0 Å². The molecule has 12 aromatic carbocycles. The Kier molecular flexibility index (Phi) is 26.9. The van der Waals surface area contributed by atoms with Crippen molar-refractivity contribution in [1.82, 2.24) is 0 Å². The number of allylic oxidation sites excluding steroid dienone is 6. The third-order valence-corrected chi connectivity index (χ3v) is 17.6. The Bertz CT molecular complexity index is 4510. The van der Waals surface area contributed by atoms with Gasteiger partial charge in [0, 0.05) is 0 Å². The minimum atomic E-state index is 0.442. The summed E-state index contributed by atoms with van der Waals surface area (Å²) in [5.74, 6) is 6.69. The van der Waals surface area contributed by atoms with E-state index in [9.17, 15) is 0 Å². The number of hydrogen-bond donors (Lipinski definition) is 0. The first-order valence-corrected chi connectivity index (χ1v) is 35.5. The number of benzene rings is 12. The molecular formula is C98H94O6. The summed E-state index contributed by atoms with van der Waals surface area (Å²) < 4.78 is 38.7. The van der Waals surface area contributed by atoms with Crippen LogP contribution in [-0.4, -0.2) is 0 Å². The van der Waals surface area contributed by atoms with Crippen LogP contribution >= 0.6 is 0 Å². The van der Waals surface area contributed by atoms with Gasteiger partial charge in [-0.1, -0.05) is 194 Å². The third kappa shape index (κ3) is 20.1. The van der Waals surface area contributed by atoms with E-state index in [0.717, 1.165) is 168 Å². The highest BCUT2D eigenvalue weighted by molar-refractivity contribution is 5.73. The van der Waals surface area contributed by atoms with Crippen LogP contribution in [0.4, 0.5) is 0 Å². The van der Waals surface area contributed by atoms with E-state index < -0.39 is 0 Å². The fourth-order valence-electron chi connectivity index (χ4n) is 12.5. The molecular weight excluding hydrogens is 1270 g/mol. The second kappa shape index (κ2) is 37.5. The highest BCUT2D eigenvalue weighted by Crippen LogP contribution is 2.40. The molecule has 0 radical (unpaired) electrons. The highest BCUT2D eigenvalue weighted by Gasteiger charge is 2.17. The van der Waals surface area contributed by atoms with Gasteiger partial charge in [0.2, 0.25) is 0 Å². The Balaban J connectivity index is 0.00000187. The van der Waals surface area contributed by atoms with Gasteiger partial charge in [-0.2, -0.15) is 0 Å². The summed E-state index contributed by atoms with van der Waals surface area (Å²) in [6.45, 7) is 36.9. The molecule has 0 saturated heterocycles. The van der Waals surface area contributed by atoms with Crippen molar-refractivity contribution >= 4 is 0 Å². The molecule has 0 unspecified atom stereocenters. The summed E-state index contributed by atoms with van der Waals surface area (Å²) in [7, 11) is 0. The molecule has 0 aliphatic carbocycles. The van der Waals surface area contributed by atoms with Crippen molar-refractivity contribution in [3.8, 4) is 102 Å². The molecule has 0 atom stereocenters. The van der Waals surface area contributed by atoms with Gasteiger partial charge in [0.1, 0.15) is 72.4 Å². The van der Waals surface area contributed by atoms with Crippen molar-refractivity contribution < 1.29 is 28.4 Å². The van der Waals surface area contributed by atoms with E-state index in [1.165, 1.54) is 0 Å². The van der Waals surface area contributed by atoms with Crippen LogP contribution in [0.25, 0.3) is 55.6 Å². The topological polar surface area (TPSA) is 55.4 Å². The van der Waals surface area contributed by atoms with Gasteiger partial charge >= 0.3 is 0 Å². The molecule has 6 nitrogen and oxygen atoms in total. The van der Waals surface area contributed by atoms with Crippen LogP contribution in [0.3, 0.4) is 0 Å². The monoisotopic (exact) mass is 1370 g/mol. The van der Waals surface area contributed by atoms with Gasteiger partial charge in [0.15, 0.2) is 0 Å². The van der Waals surface area contributed by atoms with Crippen molar-refractivity contribution in [3.05, 3.63) is 397 Å². The fourth-order valence-corrected chi connectivity index (χ4v) is 12.5. The summed E-state index contributed by atoms with van der Waals surface area (Å²) in [6, 6.07) is 88.6. The van der Waals surface area contributed by atoms with Crippen LogP contribution in [0.2, 0.25) is 0 Å². The predicted octanol–water partition coefficient (Wildman–Crippen LogP) is 26.5. The molecule has 12 aromatic rings. The first-order chi connectivity index (χ1) is 50.8. The van der Waals surface area contributed by atoms with Gasteiger partial charge in [-0.25, -0.2) is 0 Å². The molecule has 0 spiro atoms. The van der Waals surface area contributed by atoms with E-state index in [0.29, 0.717) is 52.1 Å². The molecule has 0 aliphatic heterocycles. The lowest BCUT2D eigenvalue weighted by atomic mass is 9.96. The molecule has 0 saturated carbocycles. The number of aryl methyl sites for hydroxylation is 4. The Labute approximate surface area is 617 Å². The van der Waals surface area contributed by atoms with Crippen molar-refractivity contribution in [3.63, 3.8) is 0 Å². The summed E-state index contributed by atoms with van der Waals surface area (Å²) in [5, 5.41) is 0. The standard InChI is InChI=1S/C92H82O6.2C3H6/c1-9-19-79-55-75(39-47-87(79)93-59-67-23-15-13-16-24-67)77-41-49-89(81(57-77)21-11-3)95-61-69-27-31-71(32-28-69)73-35-43-85(44-36-73)97-91-63(5)51-83(52-64(91)6)84-53-65(7)92(66(8)54-84)98-86-45-37-74(38-46-86)72-33-29-70(30-34-72)62-96-90-50-42-78(58-82(90)22-12-4)76-40-48-88(80(56-76)20-10-2)94-60-68-25-17-14-18-26-68;2*1-3-2/h9-18,23-58H,1-4,19-22,59-62H2,5-8H3;2*3H,1H2,2H3. The lowest BCUT2D eigenvalue weighted by Crippen LogP contribution is -2.00. The molecule has 0 fully saturated rings. The van der Waals surface area contributed by atoms with Gasteiger partial charge in [-0.05, 0) is 287 Å².